The van der Waals surface area contributed by atoms with E-state index in [2.05, 4.69) is 15.7 Å². The summed E-state index contributed by atoms with van der Waals surface area (Å²) >= 11 is 0. The van der Waals surface area contributed by atoms with E-state index in [1.165, 1.54) is 0 Å². The van der Waals surface area contributed by atoms with Gasteiger partial charge in [0.1, 0.15) is 0 Å². The number of hydrogen-bond donors (Lipinski definition) is 3. The molecule has 0 atom stereocenters. The molecule has 0 radical (unpaired) electrons. The molecule has 1 aliphatic rings. The summed E-state index contributed by atoms with van der Waals surface area (Å²) in [6, 6.07) is 1.60. The van der Waals surface area contributed by atoms with Crippen molar-refractivity contribution in [2.75, 3.05) is 6.54 Å². The van der Waals surface area contributed by atoms with E-state index in [1.54, 1.807) is 10.9 Å². The number of rotatable bonds is 6. The van der Waals surface area contributed by atoms with Crippen LogP contribution in [0.3, 0.4) is 0 Å². The van der Waals surface area contributed by atoms with E-state index in [0.29, 0.717) is 13.0 Å². The monoisotopic (exact) mass is 280 g/mol. The van der Waals surface area contributed by atoms with Gasteiger partial charge >= 0.3 is 12.0 Å². The molecule has 3 N–H and O–H groups in total. The maximum atomic E-state index is 11.8. The third kappa shape index (κ3) is 3.49. The smallest absolute Gasteiger partial charge is 0.315 e. The highest BCUT2D eigenvalue weighted by atomic mass is 16.4. The third-order valence-corrected chi connectivity index (χ3v) is 3.77. The van der Waals surface area contributed by atoms with Crippen LogP contribution in [0.4, 0.5) is 4.79 Å². The fourth-order valence-corrected chi connectivity index (χ4v) is 2.47. The van der Waals surface area contributed by atoms with Gasteiger partial charge in [0.2, 0.25) is 0 Å². The van der Waals surface area contributed by atoms with Crippen molar-refractivity contribution in [3.05, 3.63) is 18.0 Å². The van der Waals surface area contributed by atoms with E-state index >= 15 is 0 Å². The molecular formula is C13H20N4O3. The van der Waals surface area contributed by atoms with Crippen molar-refractivity contribution in [1.82, 2.24) is 20.4 Å². The molecule has 0 saturated heterocycles. The van der Waals surface area contributed by atoms with Gasteiger partial charge in [-0.3, -0.25) is 9.48 Å². The van der Waals surface area contributed by atoms with E-state index in [0.717, 1.165) is 25.0 Å². The number of carbonyl (C=O) groups excluding carboxylic acids is 1. The molecule has 20 heavy (non-hydrogen) atoms. The molecule has 1 saturated carbocycles. The molecule has 0 aromatic carbocycles. The van der Waals surface area contributed by atoms with Gasteiger partial charge < -0.3 is 15.7 Å². The predicted octanol–water partition coefficient (Wildman–Crippen LogP) is 0.659. The third-order valence-electron chi connectivity index (χ3n) is 3.77. The molecule has 1 fully saturated rings. The van der Waals surface area contributed by atoms with Crippen LogP contribution in [0.5, 0.6) is 0 Å². The maximum Gasteiger partial charge on any atom is 0.315 e. The van der Waals surface area contributed by atoms with E-state index in [4.69, 9.17) is 5.11 Å². The number of carbonyl (C=O) groups is 2. The van der Waals surface area contributed by atoms with Crippen LogP contribution in [0.2, 0.25) is 0 Å². The Labute approximate surface area is 117 Å². The SMILES string of the molecule is Cn1nccc1CCNC(=O)NC1(CC(=O)O)CCC1. The van der Waals surface area contributed by atoms with Gasteiger partial charge in [0.25, 0.3) is 0 Å². The van der Waals surface area contributed by atoms with Crippen molar-refractivity contribution in [2.45, 2.75) is 37.6 Å². The lowest BCUT2D eigenvalue weighted by Gasteiger charge is -2.41. The number of urea groups is 1. The summed E-state index contributed by atoms with van der Waals surface area (Å²) in [5, 5.41) is 18.5. The molecular weight excluding hydrogens is 260 g/mol. The van der Waals surface area contributed by atoms with Gasteiger partial charge in [-0.15, -0.1) is 0 Å². The molecule has 110 valence electrons. The van der Waals surface area contributed by atoms with Crippen LogP contribution in [-0.4, -0.2) is 39.0 Å². The van der Waals surface area contributed by atoms with Crippen molar-refractivity contribution in [3.8, 4) is 0 Å². The highest BCUT2D eigenvalue weighted by Crippen LogP contribution is 2.34. The zero-order chi connectivity index (χ0) is 14.6. The van der Waals surface area contributed by atoms with Gasteiger partial charge in [-0.1, -0.05) is 0 Å². The fraction of sp³-hybridized carbons (Fsp3) is 0.615. The molecule has 7 heteroatoms. The van der Waals surface area contributed by atoms with Gasteiger partial charge in [0.05, 0.1) is 12.0 Å². The highest BCUT2D eigenvalue weighted by Gasteiger charge is 2.40. The molecule has 0 unspecified atom stereocenters. The molecule has 2 amide bonds. The second kappa shape index (κ2) is 5.94. The summed E-state index contributed by atoms with van der Waals surface area (Å²) in [5.41, 5.74) is 0.483. The van der Waals surface area contributed by atoms with Crippen LogP contribution in [0.25, 0.3) is 0 Å². The number of nitrogens with one attached hydrogen (secondary N) is 2. The zero-order valence-electron chi connectivity index (χ0n) is 11.6. The normalized spacial score (nSPS) is 16.2. The van der Waals surface area contributed by atoms with Crippen LogP contribution < -0.4 is 10.6 Å². The number of nitrogens with zero attached hydrogens (tertiary/aromatic N) is 2. The largest absolute Gasteiger partial charge is 0.481 e. The van der Waals surface area contributed by atoms with E-state index in [1.807, 2.05) is 13.1 Å². The minimum absolute atomic E-state index is 0.0118. The second-order valence-corrected chi connectivity index (χ2v) is 5.28. The van der Waals surface area contributed by atoms with Crippen LogP contribution >= 0.6 is 0 Å². The quantitative estimate of drug-likeness (QED) is 0.713. The minimum Gasteiger partial charge on any atom is -0.481 e. The first-order valence-corrected chi connectivity index (χ1v) is 6.75. The number of hydrogen-bond acceptors (Lipinski definition) is 3. The Morgan fingerprint density at radius 3 is 2.75 bits per heavy atom. The van der Waals surface area contributed by atoms with Gasteiger partial charge in [0.15, 0.2) is 0 Å². The van der Waals surface area contributed by atoms with Crippen molar-refractivity contribution in [2.24, 2.45) is 7.05 Å². The molecule has 0 spiro atoms. The Bertz CT molecular complexity index is 494. The first-order valence-electron chi connectivity index (χ1n) is 6.75. The summed E-state index contributed by atoms with van der Waals surface area (Å²) < 4.78 is 1.76. The van der Waals surface area contributed by atoms with Crippen molar-refractivity contribution >= 4 is 12.0 Å². The van der Waals surface area contributed by atoms with Crippen molar-refractivity contribution < 1.29 is 14.7 Å². The number of aryl methyl sites for hydroxylation is 1. The molecule has 1 aromatic heterocycles. The second-order valence-electron chi connectivity index (χ2n) is 5.28. The molecule has 0 bridgehead atoms. The van der Waals surface area contributed by atoms with Crippen molar-refractivity contribution in [3.63, 3.8) is 0 Å². The molecule has 7 nitrogen and oxygen atoms in total. The first kappa shape index (κ1) is 14.4. The summed E-state index contributed by atoms with van der Waals surface area (Å²) in [6.45, 7) is 0.495. The summed E-state index contributed by atoms with van der Waals surface area (Å²) in [5.74, 6) is -0.875. The van der Waals surface area contributed by atoms with Gasteiger partial charge in [-0.25, -0.2) is 4.79 Å². The van der Waals surface area contributed by atoms with Crippen LogP contribution in [0.1, 0.15) is 31.4 Å². The van der Waals surface area contributed by atoms with Crippen molar-refractivity contribution in [1.29, 1.82) is 0 Å². The lowest BCUT2D eigenvalue weighted by Crippen LogP contribution is -2.57. The number of carboxylic acids is 1. The van der Waals surface area contributed by atoms with Gasteiger partial charge in [0, 0.05) is 31.9 Å². The Morgan fingerprint density at radius 2 is 2.25 bits per heavy atom. The lowest BCUT2D eigenvalue weighted by atomic mass is 9.74. The van der Waals surface area contributed by atoms with Gasteiger partial charge in [-0.05, 0) is 25.3 Å². The van der Waals surface area contributed by atoms with Crippen LogP contribution in [0, 0.1) is 0 Å². The Hall–Kier alpha value is -2.05. The maximum absolute atomic E-state index is 11.8. The molecule has 2 rings (SSSR count). The number of aliphatic carboxylic acids is 1. The summed E-state index contributed by atoms with van der Waals surface area (Å²) in [4.78, 5) is 22.6. The van der Waals surface area contributed by atoms with Crippen LogP contribution in [0.15, 0.2) is 12.3 Å². The lowest BCUT2D eigenvalue weighted by molar-refractivity contribution is -0.139. The van der Waals surface area contributed by atoms with Crippen LogP contribution in [-0.2, 0) is 18.3 Å². The minimum atomic E-state index is -0.875. The summed E-state index contributed by atoms with van der Waals surface area (Å²) in [6.07, 6.45) is 4.81. The summed E-state index contributed by atoms with van der Waals surface area (Å²) in [7, 11) is 1.85. The Morgan fingerprint density at radius 1 is 1.50 bits per heavy atom. The Balaban J connectivity index is 1.75. The first-order chi connectivity index (χ1) is 9.51. The standard InChI is InChI=1S/C13H20N4O3/c1-17-10(4-8-15-17)3-7-14-12(20)16-13(5-2-6-13)9-11(18)19/h4,8H,2-3,5-7,9H2,1H3,(H,18,19)(H2,14,16,20). The topological polar surface area (TPSA) is 96.3 Å². The highest BCUT2D eigenvalue weighted by molar-refractivity contribution is 5.77. The van der Waals surface area contributed by atoms with E-state index in [9.17, 15) is 9.59 Å². The molecule has 1 aromatic rings. The average molecular weight is 280 g/mol. The number of amides is 2. The van der Waals surface area contributed by atoms with Gasteiger partial charge in [-0.2, -0.15) is 5.10 Å². The predicted molar refractivity (Wildman–Crippen MR) is 72.3 cm³/mol. The molecule has 0 aliphatic heterocycles. The average Bonchev–Trinajstić information content (AvgIpc) is 2.72. The molecule has 1 heterocycles. The Kier molecular flexibility index (Phi) is 4.26. The number of aromatic nitrogens is 2. The zero-order valence-corrected chi connectivity index (χ0v) is 11.6. The number of carboxylic acid groups (broad SMARTS) is 1. The van der Waals surface area contributed by atoms with E-state index < -0.39 is 11.5 Å². The van der Waals surface area contributed by atoms with E-state index in [-0.39, 0.29) is 12.5 Å². The molecule has 1 aliphatic carbocycles. The fourth-order valence-electron chi connectivity index (χ4n) is 2.47.